The summed E-state index contributed by atoms with van der Waals surface area (Å²) in [6, 6.07) is 3.57. The van der Waals surface area contributed by atoms with Crippen molar-refractivity contribution < 1.29 is 17.6 Å². The summed E-state index contributed by atoms with van der Waals surface area (Å²) in [7, 11) is 0. The van der Waals surface area contributed by atoms with Crippen LogP contribution in [0.4, 0.5) is 17.6 Å². The minimum Gasteiger partial charge on any atom is -0.206 e. The second-order valence-electron chi connectivity index (χ2n) is 8.42. The number of hydrogen-bond donors (Lipinski definition) is 0. The molecule has 1 aromatic carbocycles. The van der Waals surface area contributed by atoms with E-state index in [1.807, 2.05) is 0 Å². The maximum Gasteiger partial charge on any atom is 0.419 e. The topological polar surface area (TPSA) is 0 Å². The van der Waals surface area contributed by atoms with Crippen molar-refractivity contribution in [3.05, 3.63) is 35.1 Å². The number of benzene rings is 1. The summed E-state index contributed by atoms with van der Waals surface area (Å²) in [6.07, 6.45) is 7.45. The highest BCUT2D eigenvalue weighted by atomic mass is 19.4. The summed E-state index contributed by atoms with van der Waals surface area (Å²) in [5.74, 6) is 1.43. The normalized spacial score (nSPS) is 30.3. The fraction of sp³-hybridized carbons (Fsp3) is 0.727. The third-order valence-corrected chi connectivity index (χ3v) is 6.79. The molecular formula is C22H30F4. The van der Waals surface area contributed by atoms with Crippen molar-refractivity contribution in [3.63, 3.8) is 0 Å². The standard InChI is InChI=1S/C22H30F4/c1-2-3-15-4-6-16(7-5-15)17-8-10-18(11-9-17)19-12-13-21(23)20(14-19)22(24,25)26/h12-18H,2-11H2,1H3/t15-,16-,17-,18-. The van der Waals surface area contributed by atoms with E-state index in [1.54, 1.807) is 6.07 Å². The van der Waals surface area contributed by atoms with Gasteiger partial charge in [-0.3, -0.25) is 0 Å². The fourth-order valence-corrected chi connectivity index (χ4v) is 5.29. The highest BCUT2D eigenvalue weighted by molar-refractivity contribution is 5.30. The average Bonchev–Trinajstić information content (AvgIpc) is 2.62. The van der Waals surface area contributed by atoms with Gasteiger partial charge in [0.25, 0.3) is 0 Å². The molecule has 0 radical (unpaired) electrons. The van der Waals surface area contributed by atoms with E-state index in [9.17, 15) is 17.6 Å². The van der Waals surface area contributed by atoms with Crippen molar-refractivity contribution in [1.29, 1.82) is 0 Å². The molecule has 0 unspecified atom stereocenters. The molecule has 0 nitrogen and oxygen atoms in total. The lowest BCUT2D eigenvalue weighted by Gasteiger charge is -2.38. The number of alkyl halides is 3. The van der Waals surface area contributed by atoms with Crippen LogP contribution in [-0.4, -0.2) is 0 Å². The van der Waals surface area contributed by atoms with Crippen LogP contribution < -0.4 is 0 Å². The van der Waals surface area contributed by atoms with E-state index in [1.165, 1.54) is 38.5 Å². The van der Waals surface area contributed by atoms with E-state index in [0.717, 1.165) is 55.6 Å². The molecule has 1 aromatic rings. The molecule has 0 N–H and O–H groups in total. The first-order chi connectivity index (χ1) is 12.4. The molecule has 2 aliphatic carbocycles. The third-order valence-electron chi connectivity index (χ3n) is 6.79. The summed E-state index contributed by atoms with van der Waals surface area (Å²) in [4.78, 5) is 0. The van der Waals surface area contributed by atoms with Gasteiger partial charge < -0.3 is 0 Å². The lowest BCUT2D eigenvalue weighted by molar-refractivity contribution is -0.140. The van der Waals surface area contributed by atoms with Crippen LogP contribution in [0.15, 0.2) is 18.2 Å². The van der Waals surface area contributed by atoms with E-state index >= 15 is 0 Å². The van der Waals surface area contributed by atoms with Crippen molar-refractivity contribution >= 4 is 0 Å². The lowest BCUT2D eigenvalue weighted by Crippen LogP contribution is -2.25. The van der Waals surface area contributed by atoms with Gasteiger partial charge in [0, 0.05) is 0 Å². The van der Waals surface area contributed by atoms with Crippen LogP contribution >= 0.6 is 0 Å². The van der Waals surface area contributed by atoms with Crippen molar-refractivity contribution in [3.8, 4) is 0 Å². The molecule has 0 bridgehead atoms. The van der Waals surface area contributed by atoms with Gasteiger partial charge in [-0.15, -0.1) is 0 Å². The van der Waals surface area contributed by atoms with Gasteiger partial charge in [0.2, 0.25) is 0 Å². The molecule has 0 aromatic heterocycles. The van der Waals surface area contributed by atoms with Crippen molar-refractivity contribution in [1.82, 2.24) is 0 Å². The summed E-state index contributed by atoms with van der Waals surface area (Å²) >= 11 is 0. The van der Waals surface area contributed by atoms with E-state index in [2.05, 4.69) is 6.92 Å². The lowest BCUT2D eigenvalue weighted by atomic mass is 9.68. The van der Waals surface area contributed by atoms with Crippen molar-refractivity contribution in [2.24, 2.45) is 17.8 Å². The second kappa shape index (κ2) is 8.31. The molecule has 0 atom stereocenters. The molecule has 0 aliphatic heterocycles. The molecule has 0 saturated heterocycles. The predicted octanol–water partition coefficient (Wildman–Crippen LogP) is 7.72. The monoisotopic (exact) mass is 370 g/mol. The average molecular weight is 370 g/mol. The van der Waals surface area contributed by atoms with Crippen LogP contribution in [0.5, 0.6) is 0 Å². The Morgan fingerprint density at radius 2 is 1.46 bits per heavy atom. The molecule has 0 amide bonds. The second-order valence-corrected chi connectivity index (χ2v) is 8.42. The van der Waals surface area contributed by atoms with Crippen LogP contribution in [-0.2, 0) is 6.18 Å². The first kappa shape index (κ1) is 19.7. The number of halogens is 4. The Morgan fingerprint density at radius 1 is 0.885 bits per heavy atom. The largest absolute Gasteiger partial charge is 0.419 e. The van der Waals surface area contributed by atoms with E-state index in [0.29, 0.717) is 5.56 Å². The smallest absolute Gasteiger partial charge is 0.206 e. The minimum atomic E-state index is -4.62. The van der Waals surface area contributed by atoms with Gasteiger partial charge in [-0.1, -0.05) is 38.7 Å². The van der Waals surface area contributed by atoms with E-state index in [4.69, 9.17) is 0 Å². The van der Waals surface area contributed by atoms with Gasteiger partial charge >= 0.3 is 6.18 Å². The van der Waals surface area contributed by atoms with E-state index < -0.39 is 17.6 Å². The molecule has 3 rings (SSSR count). The summed E-state index contributed by atoms with van der Waals surface area (Å²) < 4.78 is 52.3. The quantitative estimate of drug-likeness (QED) is 0.476. The predicted molar refractivity (Wildman–Crippen MR) is 96.5 cm³/mol. The van der Waals surface area contributed by atoms with Crippen LogP contribution in [0, 0.1) is 23.6 Å². The van der Waals surface area contributed by atoms with Crippen LogP contribution in [0.2, 0.25) is 0 Å². The Labute approximate surface area is 154 Å². The Hall–Kier alpha value is -1.06. The molecule has 4 heteroatoms. The molecule has 2 saturated carbocycles. The first-order valence-corrected chi connectivity index (χ1v) is 10.2. The summed E-state index contributed by atoms with van der Waals surface area (Å²) in [5, 5.41) is 0. The van der Waals surface area contributed by atoms with Crippen molar-refractivity contribution in [2.45, 2.75) is 83.2 Å². The van der Waals surface area contributed by atoms with Gasteiger partial charge in [-0.2, -0.15) is 13.2 Å². The van der Waals surface area contributed by atoms with Crippen LogP contribution in [0.25, 0.3) is 0 Å². The SMILES string of the molecule is CCC[C@H]1CC[C@H]([C@H]2CC[C@H](c3ccc(F)c(C(F)(F)F)c3)CC2)CC1. The van der Waals surface area contributed by atoms with Crippen molar-refractivity contribution in [2.75, 3.05) is 0 Å². The first-order valence-electron chi connectivity index (χ1n) is 10.2. The maximum absolute atomic E-state index is 13.5. The van der Waals surface area contributed by atoms with Gasteiger partial charge in [-0.25, -0.2) is 4.39 Å². The zero-order valence-corrected chi connectivity index (χ0v) is 15.6. The van der Waals surface area contributed by atoms with Gasteiger partial charge in [-0.05, 0) is 79.9 Å². The maximum atomic E-state index is 13.5. The Balaban J connectivity index is 1.56. The highest BCUT2D eigenvalue weighted by Gasteiger charge is 2.36. The zero-order valence-electron chi connectivity index (χ0n) is 15.6. The third kappa shape index (κ3) is 4.61. The Morgan fingerprint density at radius 3 is 2.00 bits per heavy atom. The molecular weight excluding hydrogens is 340 g/mol. The molecule has 0 heterocycles. The Bertz CT molecular complexity index is 576. The highest BCUT2D eigenvalue weighted by Crippen LogP contribution is 2.45. The molecule has 2 aliphatic rings. The van der Waals surface area contributed by atoms with Crippen LogP contribution in [0.3, 0.4) is 0 Å². The van der Waals surface area contributed by atoms with Gasteiger partial charge in [0.15, 0.2) is 0 Å². The number of hydrogen-bond acceptors (Lipinski definition) is 0. The van der Waals surface area contributed by atoms with Gasteiger partial charge in [0.05, 0.1) is 5.56 Å². The summed E-state index contributed by atoms with van der Waals surface area (Å²) in [5.41, 5.74) is -0.463. The fourth-order valence-electron chi connectivity index (χ4n) is 5.29. The molecule has 146 valence electrons. The number of rotatable bonds is 4. The summed E-state index contributed by atoms with van der Waals surface area (Å²) in [6.45, 7) is 2.26. The molecule has 26 heavy (non-hydrogen) atoms. The minimum absolute atomic E-state index is 0.143. The van der Waals surface area contributed by atoms with Crippen LogP contribution in [0.1, 0.15) is 88.2 Å². The molecule has 0 spiro atoms. The Kier molecular flexibility index (Phi) is 6.29. The zero-order chi connectivity index (χ0) is 18.7. The van der Waals surface area contributed by atoms with Gasteiger partial charge in [0.1, 0.15) is 5.82 Å². The van der Waals surface area contributed by atoms with E-state index in [-0.39, 0.29) is 5.92 Å². The molecule has 2 fully saturated rings.